The second-order valence-corrected chi connectivity index (χ2v) is 9.83. The number of rotatable bonds is 22. The Morgan fingerprint density at radius 2 is 1.57 bits per heavy atom. The third-order valence-electron chi connectivity index (χ3n) is 6.81. The van der Waals surface area contributed by atoms with Gasteiger partial charge in [-0.15, -0.1) is 0 Å². The molecule has 0 aliphatic heterocycles. The highest BCUT2D eigenvalue weighted by Gasteiger charge is 2.28. The summed E-state index contributed by atoms with van der Waals surface area (Å²) in [6.07, 6.45) is 25.4. The van der Waals surface area contributed by atoms with Crippen molar-refractivity contribution in [2.24, 2.45) is 18.9 Å². The standard InChI is InChI=1S/C29H50N2O4/c1-4-6-7-8-9-10-11-12-13-14-15-16-17-18-19-20-28(32)35-23-25(27(5-2)29(33)34)21-26-22-30-24-31(26)3/h12-13,22,24-25,27H,4-11,14-21,23H2,1-3H3,(H,33,34)/b13-12-/t25-,27-/m0/s1. The first-order valence-electron chi connectivity index (χ1n) is 14.0. The van der Waals surface area contributed by atoms with Crippen molar-refractivity contribution in [3.05, 3.63) is 30.4 Å². The predicted molar refractivity (Wildman–Crippen MR) is 142 cm³/mol. The molecule has 0 fully saturated rings. The number of aliphatic carboxylic acids is 1. The zero-order valence-corrected chi connectivity index (χ0v) is 22.6. The molecule has 0 saturated carbocycles. The van der Waals surface area contributed by atoms with Crippen molar-refractivity contribution < 1.29 is 19.4 Å². The van der Waals surface area contributed by atoms with Crippen LogP contribution in [0.25, 0.3) is 0 Å². The van der Waals surface area contributed by atoms with E-state index in [0.29, 0.717) is 19.3 Å². The first-order valence-corrected chi connectivity index (χ1v) is 14.0. The number of unbranched alkanes of at least 4 members (excludes halogenated alkanes) is 11. The van der Waals surface area contributed by atoms with Crippen LogP contribution in [-0.4, -0.2) is 33.2 Å². The molecule has 0 aromatic carbocycles. The van der Waals surface area contributed by atoms with Crippen LogP contribution in [0.15, 0.2) is 24.7 Å². The minimum absolute atomic E-state index is 0.139. The van der Waals surface area contributed by atoms with E-state index >= 15 is 0 Å². The Morgan fingerprint density at radius 1 is 0.971 bits per heavy atom. The number of carboxylic acids is 1. The van der Waals surface area contributed by atoms with Crippen molar-refractivity contribution in [3.8, 4) is 0 Å². The van der Waals surface area contributed by atoms with Crippen molar-refractivity contribution in [1.29, 1.82) is 0 Å². The van der Waals surface area contributed by atoms with Crippen LogP contribution in [0.1, 0.15) is 116 Å². The average Bonchev–Trinajstić information content (AvgIpc) is 3.24. The van der Waals surface area contributed by atoms with Gasteiger partial charge in [-0.2, -0.15) is 0 Å². The van der Waals surface area contributed by atoms with Gasteiger partial charge in [0.1, 0.15) is 0 Å². The third-order valence-corrected chi connectivity index (χ3v) is 6.81. The van der Waals surface area contributed by atoms with E-state index in [9.17, 15) is 14.7 Å². The van der Waals surface area contributed by atoms with E-state index in [0.717, 1.165) is 31.4 Å². The molecule has 0 amide bonds. The van der Waals surface area contributed by atoms with Crippen molar-refractivity contribution in [2.45, 2.75) is 117 Å². The monoisotopic (exact) mass is 490 g/mol. The number of allylic oxidation sites excluding steroid dienone is 2. The summed E-state index contributed by atoms with van der Waals surface area (Å²) in [5.41, 5.74) is 0.947. The van der Waals surface area contributed by atoms with Gasteiger partial charge in [0, 0.05) is 31.3 Å². The Labute approximate surface area is 213 Å². The number of ether oxygens (including phenoxy) is 1. The first-order chi connectivity index (χ1) is 17.0. The fourth-order valence-electron chi connectivity index (χ4n) is 4.49. The second-order valence-electron chi connectivity index (χ2n) is 9.83. The largest absolute Gasteiger partial charge is 0.481 e. The predicted octanol–water partition coefficient (Wildman–Crippen LogP) is 7.27. The van der Waals surface area contributed by atoms with Gasteiger partial charge in [0.05, 0.1) is 18.9 Å². The Morgan fingerprint density at radius 3 is 2.11 bits per heavy atom. The summed E-state index contributed by atoms with van der Waals surface area (Å²) in [6, 6.07) is 0. The van der Waals surface area contributed by atoms with Crippen LogP contribution in [0.4, 0.5) is 0 Å². The molecule has 1 aromatic rings. The number of carbonyl (C=O) groups is 2. The minimum atomic E-state index is -0.840. The minimum Gasteiger partial charge on any atom is -0.481 e. The fraction of sp³-hybridized carbons (Fsp3) is 0.759. The summed E-state index contributed by atoms with van der Waals surface area (Å²) in [5, 5.41) is 9.59. The van der Waals surface area contributed by atoms with Crippen LogP contribution in [0.3, 0.4) is 0 Å². The van der Waals surface area contributed by atoms with E-state index in [-0.39, 0.29) is 18.5 Å². The summed E-state index contributed by atoms with van der Waals surface area (Å²) in [6.45, 7) is 4.26. The van der Waals surface area contributed by atoms with Crippen LogP contribution in [0.5, 0.6) is 0 Å². The number of nitrogens with zero attached hydrogens (tertiary/aromatic N) is 2. The Balaban J connectivity index is 2.13. The lowest BCUT2D eigenvalue weighted by Gasteiger charge is -2.23. The Bertz CT molecular complexity index is 713. The normalized spacial score (nSPS) is 13.2. The molecule has 1 N–H and O–H groups in total. The van der Waals surface area contributed by atoms with Crippen LogP contribution < -0.4 is 0 Å². The number of hydrogen-bond donors (Lipinski definition) is 1. The number of imidazole rings is 1. The van der Waals surface area contributed by atoms with Crippen molar-refractivity contribution in [3.63, 3.8) is 0 Å². The topological polar surface area (TPSA) is 81.4 Å². The highest BCUT2D eigenvalue weighted by atomic mass is 16.5. The highest BCUT2D eigenvalue weighted by Crippen LogP contribution is 2.22. The maximum atomic E-state index is 12.2. The van der Waals surface area contributed by atoms with Crippen molar-refractivity contribution in [2.75, 3.05) is 6.61 Å². The van der Waals surface area contributed by atoms with E-state index in [1.807, 2.05) is 18.5 Å². The summed E-state index contributed by atoms with van der Waals surface area (Å²) in [4.78, 5) is 28.0. The summed E-state index contributed by atoms with van der Waals surface area (Å²) in [5.74, 6) is -1.87. The van der Waals surface area contributed by atoms with E-state index in [1.54, 1.807) is 12.5 Å². The van der Waals surface area contributed by atoms with E-state index in [1.165, 1.54) is 57.8 Å². The molecule has 0 aliphatic rings. The lowest BCUT2D eigenvalue weighted by molar-refractivity contribution is -0.151. The fourth-order valence-corrected chi connectivity index (χ4v) is 4.49. The highest BCUT2D eigenvalue weighted by molar-refractivity contribution is 5.71. The van der Waals surface area contributed by atoms with Gasteiger partial charge in [0.15, 0.2) is 0 Å². The summed E-state index contributed by atoms with van der Waals surface area (Å²) >= 11 is 0. The van der Waals surface area contributed by atoms with Gasteiger partial charge < -0.3 is 14.4 Å². The van der Waals surface area contributed by atoms with E-state index < -0.39 is 11.9 Å². The molecule has 1 heterocycles. The molecule has 6 heteroatoms. The third kappa shape index (κ3) is 14.8. The van der Waals surface area contributed by atoms with Gasteiger partial charge in [-0.3, -0.25) is 9.59 Å². The summed E-state index contributed by atoms with van der Waals surface area (Å²) in [7, 11) is 1.89. The Kier molecular flexibility index (Phi) is 17.8. The molecule has 0 saturated heterocycles. The van der Waals surface area contributed by atoms with Crippen molar-refractivity contribution >= 4 is 11.9 Å². The average molecular weight is 491 g/mol. The van der Waals surface area contributed by atoms with Gasteiger partial charge in [-0.1, -0.05) is 77.4 Å². The molecule has 2 atom stereocenters. The summed E-state index contributed by atoms with van der Waals surface area (Å²) < 4.78 is 7.39. The second kappa shape index (κ2) is 20.1. The van der Waals surface area contributed by atoms with Crippen LogP contribution in [0, 0.1) is 11.8 Å². The number of carbonyl (C=O) groups excluding carboxylic acids is 1. The van der Waals surface area contributed by atoms with Gasteiger partial charge in [0.2, 0.25) is 0 Å². The molecular formula is C29H50N2O4. The maximum Gasteiger partial charge on any atom is 0.306 e. The number of aryl methyl sites for hydroxylation is 1. The first kappa shape index (κ1) is 30.9. The van der Waals surface area contributed by atoms with Crippen LogP contribution in [0.2, 0.25) is 0 Å². The lowest BCUT2D eigenvalue weighted by atomic mass is 9.87. The molecular weight excluding hydrogens is 440 g/mol. The molecule has 0 radical (unpaired) electrons. The molecule has 0 spiro atoms. The maximum absolute atomic E-state index is 12.2. The number of hydrogen-bond acceptors (Lipinski definition) is 4. The number of aromatic nitrogens is 2. The van der Waals surface area contributed by atoms with Crippen LogP contribution >= 0.6 is 0 Å². The van der Waals surface area contributed by atoms with E-state index in [4.69, 9.17) is 4.74 Å². The molecule has 0 aliphatic carbocycles. The smallest absolute Gasteiger partial charge is 0.306 e. The number of carboxylic acid groups (broad SMARTS) is 1. The molecule has 1 aromatic heterocycles. The molecule has 200 valence electrons. The molecule has 0 unspecified atom stereocenters. The van der Waals surface area contributed by atoms with Gasteiger partial charge in [-0.05, 0) is 44.9 Å². The zero-order valence-electron chi connectivity index (χ0n) is 22.6. The molecule has 35 heavy (non-hydrogen) atoms. The van der Waals surface area contributed by atoms with Gasteiger partial charge in [-0.25, -0.2) is 4.98 Å². The molecule has 0 bridgehead atoms. The number of esters is 1. The zero-order chi connectivity index (χ0) is 25.7. The van der Waals surface area contributed by atoms with Gasteiger partial charge in [0.25, 0.3) is 0 Å². The molecule has 1 rings (SSSR count). The lowest BCUT2D eigenvalue weighted by Crippen LogP contribution is -2.30. The van der Waals surface area contributed by atoms with Crippen LogP contribution in [-0.2, 0) is 27.8 Å². The quantitative estimate of drug-likeness (QED) is 0.105. The Hall–Kier alpha value is -2.11. The van der Waals surface area contributed by atoms with E-state index in [2.05, 4.69) is 24.1 Å². The van der Waals surface area contributed by atoms with Gasteiger partial charge >= 0.3 is 11.9 Å². The molecule has 6 nitrogen and oxygen atoms in total. The van der Waals surface area contributed by atoms with Crippen molar-refractivity contribution in [1.82, 2.24) is 9.55 Å². The SMILES string of the molecule is CCCCCCCC/C=C\CCCCCCCC(=O)OC[C@H](Cc1cncn1C)[C@H](CC)C(=O)O.